The lowest BCUT2D eigenvalue weighted by Crippen LogP contribution is -2.62. The molecule has 29 heavy (non-hydrogen) atoms. The van der Waals surface area contributed by atoms with Crippen LogP contribution < -0.4 is 15.0 Å². The molecule has 3 heterocycles. The molecule has 5 heteroatoms. The largest absolute Gasteiger partial charge is 0.491 e. The van der Waals surface area contributed by atoms with E-state index in [0.717, 1.165) is 36.0 Å². The van der Waals surface area contributed by atoms with E-state index in [2.05, 4.69) is 68.0 Å². The summed E-state index contributed by atoms with van der Waals surface area (Å²) >= 11 is 0. The Balaban J connectivity index is 1.59. The van der Waals surface area contributed by atoms with Gasteiger partial charge < -0.3 is 15.0 Å². The van der Waals surface area contributed by atoms with Crippen molar-refractivity contribution in [2.45, 2.75) is 70.9 Å². The number of anilines is 1. The average molecular weight is 395 g/mol. The maximum atomic E-state index is 6.07. The van der Waals surface area contributed by atoms with E-state index in [1.807, 2.05) is 12.3 Å². The first-order valence-electron chi connectivity index (χ1n) is 10.9. The van der Waals surface area contributed by atoms with Crippen LogP contribution in [0.5, 0.6) is 5.75 Å². The van der Waals surface area contributed by atoms with Crippen LogP contribution in [0.2, 0.25) is 0 Å². The summed E-state index contributed by atoms with van der Waals surface area (Å²) in [5.74, 6) is 1.80. The van der Waals surface area contributed by atoms with Crippen molar-refractivity contribution in [3.05, 3.63) is 36.0 Å². The first kappa shape index (κ1) is 20.1. The summed E-state index contributed by atoms with van der Waals surface area (Å²) in [7, 11) is 0. The second-order valence-corrected chi connectivity index (χ2v) is 9.81. The van der Waals surface area contributed by atoms with Crippen molar-refractivity contribution in [2.24, 2.45) is 0 Å². The molecule has 1 aromatic carbocycles. The van der Waals surface area contributed by atoms with E-state index in [0.29, 0.717) is 5.54 Å². The number of benzene rings is 1. The smallest absolute Gasteiger partial charge is 0.225 e. The highest BCUT2D eigenvalue weighted by Gasteiger charge is 2.39. The minimum atomic E-state index is -0.00689. The molecule has 1 spiro atoms. The van der Waals surface area contributed by atoms with Crippen LogP contribution in [-0.2, 0) is 5.41 Å². The van der Waals surface area contributed by atoms with Crippen molar-refractivity contribution in [1.29, 1.82) is 0 Å². The SMILES string of the molecule is CC(C)Oc1ccc(-c2ccnc(N3CCC4(CCN4)CC3)n2)cc1C(C)(C)C. The highest BCUT2D eigenvalue weighted by molar-refractivity contribution is 5.64. The molecule has 0 amide bonds. The quantitative estimate of drug-likeness (QED) is 0.824. The third kappa shape index (κ3) is 4.25. The summed E-state index contributed by atoms with van der Waals surface area (Å²) in [4.78, 5) is 11.8. The zero-order chi connectivity index (χ0) is 20.6. The van der Waals surface area contributed by atoms with Crippen LogP contribution in [0, 0.1) is 0 Å². The van der Waals surface area contributed by atoms with Gasteiger partial charge in [-0.25, -0.2) is 9.97 Å². The Bertz CT molecular complexity index is 857. The van der Waals surface area contributed by atoms with Gasteiger partial charge in [0, 0.05) is 36.0 Å². The Morgan fingerprint density at radius 1 is 1.10 bits per heavy atom. The number of nitrogens with zero attached hydrogens (tertiary/aromatic N) is 3. The zero-order valence-electron chi connectivity index (χ0n) is 18.5. The molecule has 4 rings (SSSR count). The number of hydrogen-bond acceptors (Lipinski definition) is 5. The number of rotatable bonds is 4. The van der Waals surface area contributed by atoms with Crippen molar-refractivity contribution < 1.29 is 4.74 Å². The molecule has 1 aromatic heterocycles. The number of hydrogen-bond donors (Lipinski definition) is 1. The van der Waals surface area contributed by atoms with E-state index >= 15 is 0 Å². The molecule has 2 saturated heterocycles. The first-order valence-corrected chi connectivity index (χ1v) is 10.9. The van der Waals surface area contributed by atoms with E-state index in [1.165, 1.54) is 31.4 Å². The van der Waals surface area contributed by atoms with Gasteiger partial charge in [0.2, 0.25) is 5.95 Å². The molecule has 0 unspecified atom stereocenters. The van der Waals surface area contributed by atoms with Crippen LogP contribution in [0.4, 0.5) is 5.95 Å². The number of ether oxygens (including phenoxy) is 1. The Morgan fingerprint density at radius 3 is 2.41 bits per heavy atom. The maximum Gasteiger partial charge on any atom is 0.225 e. The molecule has 1 N–H and O–H groups in total. The minimum absolute atomic E-state index is 0.00689. The van der Waals surface area contributed by atoms with Crippen LogP contribution in [0.1, 0.15) is 59.4 Å². The number of nitrogens with one attached hydrogen (secondary N) is 1. The predicted molar refractivity (Wildman–Crippen MR) is 119 cm³/mol. The van der Waals surface area contributed by atoms with Gasteiger partial charge in [0.25, 0.3) is 0 Å². The average Bonchev–Trinajstić information content (AvgIpc) is 2.66. The van der Waals surface area contributed by atoms with Crippen molar-refractivity contribution in [3.63, 3.8) is 0 Å². The van der Waals surface area contributed by atoms with Crippen LogP contribution in [0.15, 0.2) is 30.5 Å². The maximum absolute atomic E-state index is 6.07. The minimum Gasteiger partial charge on any atom is -0.491 e. The van der Waals surface area contributed by atoms with Gasteiger partial charge in [0.15, 0.2) is 0 Å². The van der Waals surface area contributed by atoms with E-state index < -0.39 is 0 Å². The molecular formula is C24H34N4O. The molecule has 0 aliphatic carbocycles. The zero-order valence-corrected chi connectivity index (χ0v) is 18.5. The summed E-state index contributed by atoms with van der Waals surface area (Å²) < 4.78 is 6.07. The normalized spacial score (nSPS) is 18.8. The molecule has 2 fully saturated rings. The Kier molecular flexibility index (Phi) is 5.28. The van der Waals surface area contributed by atoms with E-state index in [4.69, 9.17) is 9.72 Å². The number of aromatic nitrogens is 2. The van der Waals surface area contributed by atoms with Crippen LogP contribution in [-0.4, -0.2) is 41.2 Å². The lowest BCUT2D eigenvalue weighted by atomic mass is 9.79. The third-order valence-corrected chi connectivity index (χ3v) is 6.20. The van der Waals surface area contributed by atoms with Gasteiger partial charge in [-0.15, -0.1) is 0 Å². The van der Waals surface area contributed by atoms with Crippen molar-refractivity contribution in [3.8, 4) is 17.0 Å². The topological polar surface area (TPSA) is 50.3 Å². The Labute approximate surface area is 174 Å². The molecular weight excluding hydrogens is 360 g/mol. The van der Waals surface area contributed by atoms with Crippen LogP contribution in [0.25, 0.3) is 11.3 Å². The fourth-order valence-electron chi connectivity index (χ4n) is 4.33. The molecule has 156 valence electrons. The van der Waals surface area contributed by atoms with Crippen molar-refractivity contribution >= 4 is 5.95 Å². The lowest BCUT2D eigenvalue weighted by Gasteiger charge is -2.48. The third-order valence-electron chi connectivity index (χ3n) is 6.20. The molecule has 0 saturated carbocycles. The predicted octanol–water partition coefficient (Wildman–Crippen LogP) is 4.56. The van der Waals surface area contributed by atoms with Gasteiger partial charge in [-0.3, -0.25) is 0 Å². The van der Waals surface area contributed by atoms with E-state index in [-0.39, 0.29) is 11.5 Å². The lowest BCUT2D eigenvalue weighted by molar-refractivity contribution is 0.163. The summed E-state index contributed by atoms with van der Waals surface area (Å²) in [5, 5.41) is 3.63. The highest BCUT2D eigenvalue weighted by atomic mass is 16.5. The fourth-order valence-corrected chi connectivity index (χ4v) is 4.33. The first-order chi connectivity index (χ1) is 13.8. The van der Waals surface area contributed by atoms with Crippen LogP contribution in [0.3, 0.4) is 0 Å². The van der Waals surface area contributed by atoms with E-state index in [9.17, 15) is 0 Å². The summed E-state index contributed by atoms with van der Waals surface area (Å²) in [6, 6.07) is 8.44. The Morgan fingerprint density at radius 2 is 1.83 bits per heavy atom. The van der Waals surface area contributed by atoms with Crippen molar-refractivity contribution in [2.75, 3.05) is 24.5 Å². The van der Waals surface area contributed by atoms with E-state index in [1.54, 1.807) is 0 Å². The van der Waals surface area contributed by atoms with Gasteiger partial charge in [-0.1, -0.05) is 20.8 Å². The molecule has 2 aliphatic rings. The molecule has 0 atom stereocenters. The molecule has 0 radical (unpaired) electrons. The van der Waals surface area contributed by atoms with Gasteiger partial charge in [0.05, 0.1) is 11.8 Å². The molecule has 2 aromatic rings. The second kappa shape index (κ2) is 7.60. The standard InChI is InChI=1S/C24H34N4O/c1-17(2)29-21-7-6-18(16-19(21)23(3,4)5)20-8-12-25-22(27-20)28-14-10-24(11-15-28)9-13-26-24/h6-8,12,16-17,26H,9-11,13-15H2,1-5H3. The van der Waals surface area contributed by atoms with Gasteiger partial charge in [-0.05, 0) is 69.3 Å². The highest BCUT2D eigenvalue weighted by Crippen LogP contribution is 2.36. The molecule has 5 nitrogen and oxygen atoms in total. The second-order valence-electron chi connectivity index (χ2n) is 9.81. The number of piperidine rings is 1. The monoisotopic (exact) mass is 394 g/mol. The summed E-state index contributed by atoms with van der Waals surface area (Å²) in [5.41, 5.74) is 3.68. The van der Waals surface area contributed by atoms with Gasteiger partial charge in [-0.2, -0.15) is 0 Å². The fraction of sp³-hybridized carbons (Fsp3) is 0.583. The van der Waals surface area contributed by atoms with Gasteiger partial charge in [0.1, 0.15) is 5.75 Å². The van der Waals surface area contributed by atoms with Crippen molar-refractivity contribution in [1.82, 2.24) is 15.3 Å². The Hall–Kier alpha value is -2.14. The molecule has 2 aliphatic heterocycles. The van der Waals surface area contributed by atoms with Gasteiger partial charge >= 0.3 is 0 Å². The summed E-state index contributed by atoms with van der Waals surface area (Å²) in [6.07, 6.45) is 5.70. The summed E-state index contributed by atoms with van der Waals surface area (Å²) in [6.45, 7) is 14.0. The molecule has 0 bridgehead atoms. The van der Waals surface area contributed by atoms with Crippen LogP contribution >= 0.6 is 0 Å².